The Morgan fingerprint density at radius 3 is 2.92 bits per heavy atom. The van der Waals surface area contributed by atoms with Crippen molar-refractivity contribution < 1.29 is 9.90 Å². The number of anilines is 1. The third kappa shape index (κ3) is 3.51. The van der Waals surface area contributed by atoms with Crippen molar-refractivity contribution in [3.8, 4) is 0 Å². The van der Waals surface area contributed by atoms with Gasteiger partial charge in [0.2, 0.25) is 0 Å². The molecule has 5 heteroatoms. The maximum Gasteiger partial charge on any atom is 0.322 e. The lowest BCUT2D eigenvalue weighted by molar-refractivity contribution is -0.134. The largest absolute Gasteiger partial charge is 0.480 e. The Labute approximate surface area is 97.8 Å². The summed E-state index contributed by atoms with van der Waals surface area (Å²) in [5.74, 6) is -0.870. The van der Waals surface area contributed by atoms with E-state index in [0.29, 0.717) is 0 Å². The van der Waals surface area contributed by atoms with Crippen LogP contribution in [0.5, 0.6) is 0 Å². The summed E-state index contributed by atoms with van der Waals surface area (Å²) in [6.45, 7) is -0.0707. The number of rotatable bonds is 3. The highest BCUT2D eigenvalue weighted by molar-refractivity contribution is 14.1. The van der Waals surface area contributed by atoms with Crippen LogP contribution in [0.4, 0.5) is 5.69 Å². The van der Waals surface area contributed by atoms with Gasteiger partial charge in [0.25, 0.3) is 0 Å². The minimum absolute atomic E-state index is 0.0707. The van der Waals surface area contributed by atoms with Gasteiger partial charge in [-0.15, -0.1) is 0 Å². The van der Waals surface area contributed by atoms with Gasteiger partial charge in [0.15, 0.2) is 0 Å². The smallest absolute Gasteiger partial charge is 0.322 e. The van der Waals surface area contributed by atoms with Gasteiger partial charge < -0.3 is 10.4 Å². The van der Waals surface area contributed by atoms with Gasteiger partial charge in [0.1, 0.15) is 6.54 Å². The fourth-order valence-corrected chi connectivity index (χ4v) is 1.68. The van der Waals surface area contributed by atoms with Gasteiger partial charge in [-0.3, -0.25) is 4.79 Å². The second kappa shape index (κ2) is 4.80. The van der Waals surface area contributed by atoms with Crippen LogP contribution < -0.4 is 5.32 Å². The summed E-state index contributed by atoms with van der Waals surface area (Å²) in [6, 6.07) is 5.70. The standard InChI is InChI=1S/C8H7BrINO2/c9-6-2-1-5(10)3-7(6)11-4-8(12)13/h1-3,11H,4H2,(H,12,13). The van der Waals surface area contributed by atoms with Crippen LogP contribution in [0.25, 0.3) is 0 Å². The average Bonchev–Trinajstić information content (AvgIpc) is 2.06. The van der Waals surface area contributed by atoms with Gasteiger partial charge >= 0.3 is 5.97 Å². The summed E-state index contributed by atoms with van der Waals surface area (Å²) in [6.07, 6.45) is 0. The minimum atomic E-state index is -0.870. The molecule has 0 saturated carbocycles. The Kier molecular flexibility index (Phi) is 3.98. The highest BCUT2D eigenvalue weighted by atomic mass is 127. The van der Waals surface area contributed by atoms with E-state index in [1.807, 2.05) is 18.2 Å². The summed E-state index contributed by atoms with van der Waals surface area (Å²) in [4.78, 5) is 10.3. The maximum atomic E-state index is 10.3. The van der Waals surface area contributed by atoms with Gasteiger partial charge in [-0.1, -0.05) is 0 Å². The predicted molar refractivity (Wildman–Crippen MR) is 63.0 cm³/mol. The number of carboxylic acids is 1. The first kappa shape index (κ1) is 10.8. The molecule has 0 aliphatic heterocycles. The molecular weight excluding hydrogens is 349 g/mol. The lowest BCUT2D eigenvalue weighted by Gasteiger charge is -2.05. The van der Waals surface area contributed by atoms with Crippen LogP contribution >= 0.6 is 38.5 Å². The normalized spacial score (nSPS) is 9.69. The number of hydrogen-bond donors (Lipinski definition) is 2. The fourth-order valence-electron chi connectivity index (χ4n) is 0.804. The van der Waals surface area contributed by atoms with Gasteiger partial charge in [0.05, 0.1) is 0 Å². The molecule has 0 unspecified atom stereocenters. The molecule has 2 N–H and O–H groups in total. The van der Waals surface area contributed by atoms with E-state index in [1.165, 1.54) is 0 Å². The van der Waals surface area contributed by atoms with E-state index in [4.69, 9.17) is 5.11 Å². The molecule has 0 aliphatic rings. The molecule has 0 heterocycles. The highest BCUT2D eigenvalue weighted by Crippen LogP contribution is 2.23. The number of carboxylic acid groups (broad SMARTS) is 1. The predicted octanol–water partition coefficient (Wildman–Crippen LogP) is 2.55. The molecule has 0 atom stereocenters. The Bertz CT molecular complexity index is 330. The first-order valence-corrected chi connectivity index (χ1v) is 5.37. The molecule has 1 rings (SSSR count). The summed E-state index contributed by atoms with van der Waals surface area (Å²) >= 11 is 5.49. The lowest BCUT2D eigenvalue weighted by atomic mass is 10.3. The maximum absolute atomic E-state index is 10.3. The quantitative estimate of drug-likeness (QED) is 0.819. The van der Waals surface area contributed by atoms with E-state index in [1.54, 1.807) is 0 Å². The highest BCUT2D eigenvalue weighted by Gasteiger charge is 2.01. The van der Waals surface area contributed by atoms with E-state index < -0.39 is 5.97 Å². The van der Waals surface area contributed by atoms with E-state index >= 15 is 0 Å². The van der Waals surface area contributed by atoms with Gasteiger partial charge in [-0.25, -0.2) is 0 Å². The minimum Gasteiger partial charge on any atom is -0.480 e. The van der Waals surface area contributed by atoms with Crippen molar-refractivity contribution in [3.63, 3.8) is 0 Å². The molecule has 0 aliphatic carbocycles. The molecule has 1 aromatic rings. The van der Waals surface area contributed by atoms with Crippen molar-refractivity contribution >= 4 is 50.2 Å². The van der Waals surface area contributed by atoms with E-state index in [9.17, 15) is 4.79 Å². The summed E-state index contributed by atoms with van der Waals surface area (Å²) in [7, 11) is 0. The first-order chi connectivity index (χ1) is 6.09. The number of carbonyl (C=O) groups is 1. The van der Waals surface area contributed by atoms with Gasteiger partial charge in [0, 0.05) is 13.7 Å². The zero-order chi connectivity index (χ0) is 9.84. The molecule has 0 bridgehead atoms. The Morgan fingerprint density at radius 2 is 2.31 bits per heavy atom. The molecule has 3 nitrogen and oxygen atoms in total. The second-order valence-corrected chi connectivity index (χ2v) is 4.47. The van der Waals surface area contributed by atoms with Gasteiger partial charge in [-0.2, -0.15) is 0 Å². The molecule has 0 spiro atoms. The van der Waals surface area contributed by atoms with Crippen molar-refractivity contribution in [2.45, 2.75) is 0 Å². The molecular formula is C8H7BrINO2. The molecule has 0 fully saturated rings. The van der Waals surface area contributed by atoms with E-state index in [0.717, 1.165) is 13.7 Å². The van der Waals surface area contributed by atoms with Crippen molar-refractivity contribution in [1.82, 2.24) is 0 Å². The Balaban J connectivity index is 2.75. The molecule has 70 valence electrons. The molecule has 0 aromatic heterocycles. The number of aliphatic carboxylic acids is 1. The topological polar surface area (TPSA) is 49.3 Å². The Hall–Kier alpha value is -0.300. The van der Waals surface area contributed by atoms with Crippen LogP contribution in [0.2, 0.25) is 0 Å². The van der Waals surface area contributed by atoms with E-state index in [2.05, 4.69) is 43.8 Å². The van der Waals surface area contributed by atoms with Crippen LogP contribution in [0.1, 0.15) is 0 Å². The first-order valence-electron chi connectivity index (χ1n) is 3.50. The van der Waals surface area contributed by atoms with Crippen LogP contribution in [0.3, 0.4) is 0 Å². The molecule has 1 aromatic carbocycles. The molecule has 13 heavy (non-hydrogen) atoms. The molecule has 0 amide bonds. The van der Waals surface area contributed by atoms with E-state index in [-0.39, 0.29) is 6.54 Å². The van der Waals surface area contributed by atoms with Gasteiger partial charge in [-0.05, 0) is 56.7 Å². The lowest BCUT2D eigenvalue weighted by Crippen LogP contribution is -2.12. The number of halogens is 2. The van der Waals surface area contributed by atoms with Crippen molar-refractivity contribution in [2.24, 2.45) is 0 Å². The third-order valence-corrected chi connectivity index (χ3v) is 2.72. The van der Waals surface area contributed by atoms with Crippen LogP contribution in [-0.2, 0) is 4.79 Å². The molecule has 0 radical (unpaired) electrons. The monoisotopic (exact) mass is 355 g/mol. The Morgan fingerprint density at radius 1 is 1.62 bits per heavy atom. The van der Waals surface area contributed by atoms with Crippen LogP contribution in [0.15, 0.2) is 22.7 Å². The van der Waals surface area contributed by atoms with Crippen molar-refractivity contribution in [2.75, 3.05) is 11.9 Å². The zero-order valence-electron chi connectivity index (χ0n) is 6.55. The summed E-state index contributed by atoms with van der Waals surface area (Å²) in [5.41, 5.74) is 0.800. The number of nitrogens with one attached hydrogen (secondary N) is 1. The molecule has 0 saturated heterocycles. The second-order valence-electron chi connectivity index (χ2n) is 2.37. The number of benzene rings is 1. The fraction of sp³-hybridized carbons (Fsp3) is 0.125. The van der Waals surface area contributed by atoms with Crippen molar-refractivity contribution in [1.29, 1.82) is 0 Å². The average molecular weight is 356 g/mol. The number of hydrogen-bond acceptors (Lipinski definition) is 2. The third-order valence-electron chi connectivity index (χ3n) is 1.36. The SMILES string of the molecule is O=C(O)CNc1cc(I)ccc1Br. The summed E-state index contributed by atoms with van der Waals surface area (Å²) < 4.78 is 1.93. The zero-order valence-corrected chi connectivity index (χ0v) is 10.3. The van der Waals surface area contributed by atoms with Crippen LogP contribution in [-0.4, -0.2) is 17.6 Å². The summed E-state index contributed by atoms with van der Waals surface area (Å²) in [5, 5.41) is 11.3. The van der Waals surface area contributed by atoms with Crippen molar-refractivity contribution in [3.05, 3.63) is 26.2 Å². The van der Waals surface area contributed by atoms with Crippen LogP contribution in [0, 0.1) is 3.57 Å².